The van der Waals surface area contributed by atoms with Crippen LogP contribution in [0, 0.1) is 8.99 Å². The van der Waals surface area contributed by atoms with E-state index in [1.54, 1.807) is 0 Å². The number of ether oxygens (including phenoxy) is 2. The maximum absolute atomic E-state index is 10.1. The zero-order valence-electron chi connectivity index (χ0n) is 20.9. The van der Waals surface area contributed by atoms with Gasteiger partial charge in [-0.1, -0.05) is 0 Å². The normalized spacial score (nSPS) is 17.9. The van der Waals surface area contributed by atoms with Gasteiger partial charge in [0.1, 0.15) is 0 Å². The predicted octanol–water partition coefficient (Wildman–Crippen LogP) is 7.28. The molecule has 3 aromatic rings. The van der Waals surface area contributed by atoms with E-state index in [4.69, 9.17) is 26.1 Å². The summed E-state index contributed by atoms with van der Waals surface area (Å²) in [6, 6.07) is 29.0. The number of benzene rings is 3. The van der Waals surface area contributed by atoms with Crippen molar-refractivity contribution < 1.29 is 14.6 Å². The van der Waals surface area contributed by atoms with Crippen LogP contribution in [-0.4, -0.2) is 35.2 Å². The SMILES string of the molecule is OCC1=NCI(c2cccc(Cl)c2)C2=C1CCC(COCc1ccccc1)(COCc1ccccc1)C2. The van der Waals surface area contributed by atoms with Gasteiger partial charge in [-0.3, -0.25) is 0 Å². The quantitative estimate of drug-likeness (QED) is 0.146. The monoisotopic (exact) mass is 629 g/mol. The van der Waals surface area contributed by atoms with E-state index in [0.717, 1.165) is 34.5 Å². The van der Waals surface area contributed by atoms with Crippen LogP contribution in [0.5, 0.6) is 0 Å². The van der Waals surface area contributed by atoms with Crippen molar-refractivity contribution in [1.82, 2.24) is 0 Å². The minimum absolute atomic E-state index is 0.000378. The standard InChI is InChI=1S/C31H33ClINO3/c32-26-12-7-13-27(16-26)33-23-34-30(18-35)28-14-15-31(17-29(28)33,21-36-19-24-8-3-1-4-9-24)22-37-20-25-10-5-2-6-11-25/h1-13,16,35H,14-15,17-23H2. The van der Waals surface area contributed by atoms with Crippen molar-refractivity contribution in [2.24, 2.45) is 10.4 Å². The molecule has 1 aliphatic heterocycles. The number of nitrogens with zero attached hydrogens (tertiary/aromatic N) is 1. The van der Waals surface area contributed by atoms with E-state index in [9.17, 15) is 5.11 Å². The van der Waals surface area contributed by atoms with Crippen LogP contribution < -0.4 is 0 Å². The number of halogens is 2. The van der Waals surface area contributed by atoms with Gasteiger partial charge in [-0.05, 0) is 0 Å². The molecule has 194 valence electrons. The first kappa shape index (κ1) is 26.6. The Balaban J connectivity index is 1.39. The molecule has 0 aromatic heterocycles. The Morgan fingerprint density at radius 3 is 2.11 bits per heavy atom. The van der Waals surface area contributed by atoms with Gasteiger partial charge in [-0.2, -0.15) is 0 Å². The number of hydrogen-bond donors (Lipinski definition) is 1. The van der Waals surface area contributed by atoms with E-state index >= 15 is 0 Å². The summed E-state index contributed by atoms with van der Waals surface area (Å²) >= 11 is 4.59. The average Bonchev–Trinajstić information content (AvgIpc) is 2.93. The van der Waals surface area contributed by atoms with Crippen molar-refractivity contribution in [2.75, 3.05) is 24.4 Å². The minimum atomic E-state index is -1.81. The second-order valence-corrected chi connectivity index (χ2v) is 15.4. The predicted molar refractivity (Wildman–Crippen MR) is 159 cm³/mol. The Hall–Kier alpha value is -2.03. The van der Waals surface area contributed by atoms with Crippen molar-refractivity contribution >= 4 is 37.1 Å². The van der Waals surface area contributed by atoms with Gasteiger partial charge in [0.2, 0.25) is 0 Å². The molecule has 0 bridgehead atoms. The second-order valence-electron chi connectivity index (χ2n) is 9.70. The molecule has 1 aliphatic carbocycles. The van der Waals surface area contributed by atoms with Crippen LogP contribution >= 0.6 is 31.4 Å². The molecular weight excluding hydrogens is 597 g/mol. The number of rotatable bonds is 10. The van der Waals surface area contributed by atoms with E-state index in [0.29, 0.717) is 26.4 Å². The molecule has 0 radical (unpaired) electrons. The average molecular weight is 630 g/mol. The summed E-state index contributed by atoms with van der Waals surface area (Å²) in [5.74, 6) is 0. The number of hydrogen-bond acceptors (Lipinski definition) is 4. The Kier molecular flexibility index (Phi) is 9.10. The van der Waals surface area contributed by atoms with Gasteiger partial charge < -0.3 is 0 Å². The van der Waals surface area contributed by atoms with E-state index in [-0.39, 0.29) is 12.0 Å². The fourth-order valence-electron chi connectivity index (χ4n) is 5.02. The summed E-state index contributed by atoms with van der Waals surface area (Å²) in [5.41, 5.74) is 4.39. The molecule has 1 N–H and O–H groups in total. The van der Waals surface area contributed by atoms with Crippen LogP contribution in [0.1, 0.15) is 30.4 Å². The van der Waals surface area contributed by atoms with E-state index < -0.39 is 19.8 Å². The van der Waals surface area contributed by atoms with Crippen molar-refractivity contribution in [3.8, 4) is 0 Å². The fraction of sp³-hybridized carbons (Fsp3) is 0.323. The van der Waals surface area contributed by atoms with Crippen molar-refractivity contribution in [1.29, 1.82) is 0 Å². The summed E-state index contributed by atoms with van der Waals surface area (Å²) in [6.07, 6.45) is 2.77. The summed E-state index contributed by atoms with van der Waals surface area (Å²) < 4.78 is 16.4. The van der Waals surface area contributed by atoms with Gasteiger partial charge >= 0.3 is 233 Å². The molecule has 0 unspecified atom stereocenters. The topological polar surface area (TPSA) is 51.1 Å². The molecule has 0 amide bonds. The first-order valence-electron chi connectivity index (χ1n) is 12.7. The van der Waals surface area contributed by atoms with Crippen LogP contribution in [0.25, 0.3) is 0 Å². The van der Waals surface area contributed by atoms with Gasteiger partial charge in [-0.25, -0.2) is 0 Å². The number of aliphatic hydroxyl groups excluding tert-OH is 1. The molecule has 0 saturated carbocycles. The number of alkyl halides is 1. The molecule has 0 atom stereocenters. The molecule has 37 heavy (non-hydrogen) atoms. The van der Waals surface area contributed by atoms with Crippen molar-refractivity contribution in [3.05, 3.63) is 114 Å². The molecule has 0 spiro atoms. The van der Waals surface area contributed by atoms with Crippen LogP contribution in [0.3, 0.4) is 0 Å². The van der Waals surface area contributed by atoms with Gasteiger partial charge in [-0.15, -0.1) is 0 Å². The second kappa shape index (κ2) is 12.7. The molecule has 1 heterocycles. The van der Waals surface area contributed by atoms with Gasteiger partial charge in [0.05, 0.1) is 0 Å². The summed E-state index contributed by atoms with van der Waals surface area (Å²) in [4.78, 5) is 4.84. The molecule has 6 heteroatoms. The van der Waals surface area contributed by atoms with E-state index in [2.05, 4.69) is 60.7 Å². The Bertz CT molecular complexity index is 1200. The molecule has 0 fully saturated rings. The van der Waals surface area contributed by atoms with Gasteiger partial charge in [0, 0.05) is 0 Å². The molecule has 3 aromatic carbocycles. The van der Waals surface area contributed by atoms with Crippen LogP contribution in [0.2, 0.25) is 5.02 Å². The number of allylic oxidation sites excluding steroid dienone is 1. The van der Waals surface area contributed by atoms with Crippen molar-refractivity contribution in [3.63, 3.8) is 0 Å². The van der Waals surface area contributed by atoms with Crippen molar-refractivity contribution in [2.45, 2.75) is 32.5 Å². The summed E-state index contributed by atoms with van der Waals surface area (Å²) in [6.45, 7) is 2.46. The van der Waals surface area contributed by atoms with Gasteiger partial charge in [0.25, 0.3) is 0 Å². The molecular formula is C31H33ClINO3. The molecule has 2 aliphatic rings. The third-order valence-corrected chi connectivity index (χ3v) is 13.0. The number of aliphatic hydroxyl groups is 1. The van der Waals surface area contributed by atoms with E-state index in [1.165, 1.54) is 23.9 Å². The number of aliphatic imine (C=N–C) groups is 1. The molecule has 4 nitrogen and oxygen atoms in total. The van der Waals surface area contributed by atoms with Gasteiger partial charge in [0.15, 0.2) is 0 Å². The van der Waals surface area contributed by atoms with Crippen LogP contribution in [0.4, 0.5) is 0 Å². The Morgan fingerprint density at radius 2 is 1.51 bits per heavy atom. The fourth-order valence-corrected chi connectivity index (χ4v) is 11.7. The summed E-state index contributed by atoms with van der Waals surface area (Å²) in [5, 5.41) is 10.8. The first-order valence-corrected chi connectivity index (χ1v) is 16.7. The third kappa shape index (κ3) is 6.70. The third-order valence-electron chi connectivity index (χ3n) is 7.00. The van der Waals surface area contributed by atoms with Crippen LogP contribution in [0.15, 0.2) is 99.1 Å². The maximum atomic E-state index is 10.1. The van der Waals surface area contributed by atoms with Crippen LogP contribution in [-0.2, 0) is 22.7 Å². The zero-order valence-corrected chi connectivity index (χ0v) is 23.8. The zero-order chi connectivity index (χ0) is 25.5. The Labute approximate surface area is 231 Å². The molecule has 0 saturated heterocycles. The molecule has 5 rings (SSSR count). The van der Waals surface area contributed by atoms with E-state index in [1.807, 2.05) is 24.3 Å². The first-order chi connectivity index (χ1) is 18.2. The summed E-state index contributed by atoms with van der Waals surface area (Å²) in [7, 11) is 0. The Morgan fingerprint density at radius 1 is 0.865 bits per heavy atom.